The molecule has 1 fully saturated rings. The molecule has 1 aromatic heterocycles. The zero-order valence-corrected chi connectivity index (χ0v) is 22.6. The van der Waals surface area contributed by atoms with Crippen molar-refractivity contribution in [2.75, 3.05) is 13.1 Å². The van der Waals surface area contributed by atoms with E-state index in [1.807, 2.05) is 19.9 Å². The van der Waals surface area contributed by atoms with E-state index in [1.54, 1.807) is 46.8 Å². The molecular formula is C24H29N2O7PS2. The summed E-state index contributed by atoms with van der Waals surface area (Å²) >= 11 is 1.38. The summed E-state index contributed by atoms with van der Waals surface area (Å²) in [7, 11) is -8.30. The van der Waals surface area contributed by atoms with Crippen LogP contribution in [-0.4, -0.2) is 52.7 Å². The van der Waals surface area contributed by atoms with Crippen LogP contribution in [0.5, 0.6) is 0 Å². The van der Waals surface area contributed by atoms with Gasteiger partial charge >= 0.3 is 7.82 Å². The molecule has 36 heavy (non-hydrogen) atoms. The third-order valence-corrected chi connectivity index (χ3v) is 9.40. The van der Waals surface area contributed by atoms with Crippen LogP contribution in [0.4, 0.5) is 0 Å². The van der Waals surface area contributed by atoms with Crippen molar-refractivity contribution in [3.8, 4) is 0 Å². The van der Waals surface area contributed by atoms with Gasteiger partial charge in [-0.1, -0.05) is 32.0 Å². The number of nitrogens with zero attached hydrogens (tertiary/aromatic N) is 2. The fourth-order valence-electron chi connectivity index (χ4n) is 4.78. The molecule has 0 bridgehead atoms. The topological polar surface area (TPSA) is 134 Å². The molecule has 3 aromatic rings. The Morgan fingerprint density at radius 3 is 2.44 bits per heavy atom. The highest BCUT2D eigenvalue weighted by atomic mass is 32.2. The predicted molar refractivity (Wildman–Crippen MR) is 137 cm³/mol. The normalized spacial score (nSPS) is 16.5. The number of hydrogen-bond acceptors (Lipinski definition) is 7. The maximum atomic E-state index is 13.1. The Balaban J connectivity index is 1.43. The second kappa shape index (κ2) is 10.3. The van der Waals surface area contributed by atoms with Crippen LogP contribution in [-0.2, 0) is 24.7 Å². The molecule has 2 heterocycles. The molecule has 194 valence electrons. The summed E-state index contributed by atoms with van der Waals surface area (Å²) in [6, 6.07) is 11.6. The SMILES string of the molecule is CC(C)CC1(OP(=O)(O)O)CCN(C(=O)c2ccc(CS(=O)(=O)c3cccc4scnc34)cc2)CC1. The largest absolute Gasteiger partial charge is 0.470 e. The lowest BCUT2D eigenvalue weighted by Gasteiger charge is -2.42. The molecule has 4 rings (SSSR count). The lowest BCUT2D eigenvalue weighted by Crippen LogP contribution is -2.48. The van der Waals surface area contributed by atoms with Crippen LogP contribution in [0.25, 0.3) is 10.2 Å². The van der Waals surface area contributed by atoms with Gasteiger partial charge in [0, 0.05) is 18.7 Å². The summed E-state index contributed by atoms with van der Waals surface area (Å²) < 4.78 is 43.6. The van der Waals surface area contributed by atoms with Crippen molar-refractivity contribution in [3.63, 3.8) is 0 Å². The van der Waals surface area contributed by atoms with Gasteiger partial charge in [0.1, 0.15) is 0 Å². The standard InChI is InChI=1S/C24H29N2O7PS2/c1-17(2)14-24(33-34(28,29)30)10-12-26(13-11-24)23(27)19-8-6-18(7-9-19)15-36(31,32)21-5-3-4-20-22(21)25-16-35-20/h3-9,16-17H,10-15H2,1-2H3,(H2,28,29,30). The average molecular weight is 553 g/mol. The number of phosphoric acid groups is 1. The minimum atomic E-state index is -4.67. The van der Waals surface area contributed by atoms with Gasteiger partial charge in [-0.3, -0.25) is 9.32 Å². The molecule has 2 N–H and O–H groups in total. The highest BCUT2D eigenvalue weighted by molar-refractivity contribution is 7.90. The summed E-state index contributed by atoms with van der Waals surface area (Å²) in [5, 5.41) is 0. The van der Waals surface area contributed by atoms with Crippen molar-refractivity contribution in [1.29, 1.82) is 0 Å². The number of fused-ring (bicyclic) bond motifs is 1. The Bertz CT molecular complexity index is 1390. The monoisotopic (exact) mass is 552 g/mol. The van der Waals surface area contributed by atoms with Crippen molar-refractivity contribution in [3.05, 3.63) is 59.1 Å². The summed E-state index contributed by atoms with van der Waals surface area (Å²) in [6.07, 6.45) is 1.12. The molecule has 0 unspecified atom stereocenters. The molecule has 1 amide bonds. The first-order valence-corrected chi connectivity index (χ1v) is 15.6. The maximum absolute atomic E-state index is 13.1. The van der Waals surface area contributed by atoms with Crippen molar-refractivity contribution in [2.45, 2.75) is 49.4 Å². The minimum absolute atomic E-state index is 0.171. The van der Waals surface area contributed by atoms with Crippen molar-refractivity contribution >= 4 is 45.1 Å². The van der Waals surface area contributed by atoms with Crippen molar-refractivity contribution in [1.82, 2.24) is 9.88 Å². The van der Waals surface area contributed by atoms with Crippen LogP contribution in [0.2, 0.25) is 0 Å². The number of amides is 1. The Labute approximate surface area is 214 Å². The lowest BCUT2D eigenvalue weighted by molar-refractivity contribution is -0.0285. The number of sulfone groups is 1. The molecule has 1 aliphatic heterocycles. The summed E-state index contributed by atoms with van der Waals surface area (Å²) in [4.78, 5) is 37.9. The van der Waals surface area contributed by atoms with Gasteiger partial charge in [-0.05, 0) is 55.0 Å². The number of aromatic nitrogens is 1. The minimum Gasteiger partial charge on any atom is -0.338 e. The molecule has 2 aromatic carbocycles. The van der Waals surface area contributed by atoms with E-state index in [9.17, 15) is 27.6 Å². The third kappa shape index (κ3) is 6.22. The van der Waals surface area contributed by atoms with Gasteiger partial charge in [0.15, 0.2) is 9.84 Å². The van der Waals surface area contributed by atoms with Crippen LogP contribution < -0.4 is 0 Å². The van der Waals surface area contributed by atoms with Gasteiger partial charge < -0.3 is 14.7 Å². The Hall–Kier alpha value is -2.14. The average Bonchev–Trinajstić information content (AvgIpc) is 3.26. The molecule has 12 heteroatoms. The lowest BCUT2D eigenvalue weighted by atomic mass is 9.84. The number of benzene rings is 2. The van der Waals surface area contributed by atoms with E-state index in [-0.39, 0.29) is 22.5 Å². The van der Waals surface area contributed by atoms with Gasteiger partial charge in [0.05, 0.1) is 32.0 Å². The van der Waals surface area contributed by atoms with Gasteiger partial charge in [0.25, 0.3) is 5.91 Å². The Morgan fingerprint density at radius 1 is 1.17 bits per heavy atom. The number of rotatable bonds is 8. The second-order valence-corrected chi connectivity index (χ2v) is 13.6. The maximum Gasteiger partial charge on any atom is 0.470 e. The predicted octanol–water partition coefficient (Wildman–Crippen LogP) is 4.40. The highest BCUT2D eigenvalue weighted by Gasteiger charge is 2.42. The molecule has 0 radical (unpaired) electrons. The van der Waals surface area contributed by atoms with E-state index in [1.165, 1.54) is 11.3 Å². The number of piperidine rings is 1. The zero-order valence-electron chi connectivity index (χ0n) is 20.0. The zero-order chi connectivity index (χ0) is 26.1. The fraction of sp³-hybridized carbons (Fsp3) is 0.417. The quantitative estimate of drug-likeness (QED) is 0.393. The van der Waals surface area contributed by atoms with Crippen LogP contribution >= 0.6 is 19.2 Å². The van der Waals surface area contributed by atoms with Crippen LogP contribution in [0.1, 0.15) is 49.0 Å². The number of thiazole rings is 1. The molecule has 0 aliphatic carbocycles. The first-order valence-electron chi connectivity index (χ1n) is 11.6. The van der Waals surface area contributed by atoms with E-state index in [0.717, 1.165) is 4.70 Å². The Morgan fingerprint density at radius 2 is 1.83 bits per heavy atom. The van der Waals surface area contributed by atoms with E-state index >= 15 is 0 Å². The Kier molecular flexibility index (Phi) is 7.71. The van der Waals surface area contributed by atoms with Gasteiger partial charge in [0.2, 0.25) is 0 Å². The molecule has 1 aliphatic rings. The van der Waals surface area contributed by atoms with E-state index in [2.05, 4.69) is 4.98 Å². The van der Waals surface area contributed by atoms with Crippen LogP contribution in [0.15, 0.2) is 52.9 Å². The summed E-state index contributed by atoms with van der Waals surface area (Å²) in [6.45, 7) is 4.53. The smallest absolute Gasteiger partial charge is 0.338 e. The summed E-state index contributed by atoms with van der Waals surface area (Å²) in [5.74, 6) is -0.254. The third-order valence-electron chi connectivity index (χ3n) is 6.27. The highest BCUT2D eigenvalue weighted by Crippen LogP contribution is 2.47. The first kappa shape index (κ1) is 26.9. The van der Waals surface area contributed by atoms with Gasteiger partial charge in [-0.2, -0.15) is 0 Å². The fourth-order valence-corrected chi connectivity index (χ4v) is 7.84. The van der Waals surface area contributed by atoms with E-state index in [4.69, 9.17) is 4.52 Å². The number of para-hydroxylation sites is 1. The number of carbonyl (C=O) groups is 1. The van der Waals surface area contributed by atoms with Gasteiger partial charge in [-0.25, -0.2) is 18.0 Å². The molecule has 0 saturated carbocycles. The number of hydrogen-bond donors (Lipinski definition) is 2. The van der Waals surface area contributed by atoms with Crippen LogP contribution in [0.3, 0.4) is 0 Å². The molecule has 1 saturated heterocycles. The summed E-state index contributed by atoms with van der Waals surface area (Å²) in [5.41, 5.74) is 2.10. The van der Waals surface area contributed by atoms with Crippen LogP contribution in [0, 0.1) is 5.92 Å². The number of likely N-dealkylation sites (tertiary alicyclic amines) is 1. The van der Waals surface area contributed by atoms with Gasteiger partial charge in [-0.15, -0.1) is 11.3 Å². The van der Waals surface area contributed by atoms with Crippen molar-refractivity contribution < 1.29 is 32.1 Å². The van der Waals surface area contributed by atoms with E-state index in [0.29, 0.717) is 49.0 Å². The first-order chi connectivity index (χ1) is 16.9. The molecular weight excluding hydrogens is 523 g/mol. The number of phosphoric ester groups is 1. The molecule has 9 nitrogen and oxygen atoms in total. The molecule has 0 spiro atoms. The number of carbonyl (C=O) groups excluding carboxylic acids is 1. The van der Waals surface area contributed by atoms with Crippen molar-refractivity contribution in [2.24, 2.45) is 5.92 Å². The van der Waals surface area contributed by atoms with E-state index < -0.39 is 23.3 Å². The molecule has 0 atom stereocenters. The second-order valence-electron chi connectivity index (χ2n) is 9.57.